The van der Waals surface area contributed by atoms with E-state index in [4.69, 9.17) is 0 Å². The van der Waals surface area contributed by atoms with Crippen LogP contribution >= 0.6 is 0 Å². The van der Waals surface area contributed by atoms with E-state index in [1.54, 1.807) is 11.0 Å². The number of anilines is 1. The van der Waals surface area contributed by atoms with Crippen LogP contribution in [0.3, 0.4) is 0 Å². The van der Waals surface area contributed by atoms with Gasteiger partial charge in [0.1, 0.15) is 0 Å². The Bertz CT molecular complexity index is 537. The van der Waals surface area contributed by atoms with Crippen molar-refractivity contribution in [2.24, 2.45) is 0 Å². The molecular weight excluding hydrogens is 270 g/mol. The molecule has 0 aromatic heterocycles. The molecule has 0 unspecified atom stereocenters. The molecule has 6 nitrogen and oxygen atoms in total. The molecule has 1 N–H and O–H groups in total. The van der Waals surface area contributed by atoms with E-state index in [-0.39, 0.29) is 17.6 Å². The Kier molecular flexibility index (Phi) is 4.77. The van der Waals surface area contributed by atoms with Crippen molar-refractivity contribution in [2.75, 3.05) is 19.0 Å². The van der Waals surface area contributed by atoms with Crippen molar-refractivity contribution in [1.29, 1.82) is 0 Å². The topological polar surface area (TPSA) is 75.5 Å². The Morgan fingerprint density at radius 3 is 2.52 bits per heavy atom. The third-order valence-electron chi connectivity index (χ3n) is 3.86. The third kappa shape index (κ3) is 3.71. The van der Waals surface area contributed by atoms with E-state index in [0.29, 0.717) is 11.3 Å². The van der Waals surface area contributed by atoms with E-state index >= 15 is 0 Å². The van der Waals surface area contributed by atoms with Crippen LogP contribution in [0.4, 0.5) is 11.4 Å². The average molecular weight is 291 g/mol. The molecule has 0 bridgehead atoms. The number of carbonyl (C=O) groups is 1. The van der Waals surface area contributed by atoms with Gasteiger partial charge in [-0.1, -0.05) is 19.3 Å². The van der Waals surface area contributed by atoms with Crippen molar-refractivity contribution in [3.05, 3.63) is 33.9 Å². The summed E-state index contributed by atoms with van der Waals surface area (Å²) in [5.41, 5.74) is 0.989. The van der Waals surface area contributed by atoms with Crippen LogP contribution in [0.1, 0.15) is 42.5 Å². The second-order valence-electron chi connectivity index (χ2n) is 5.66. The van der Waals surface area contributed by atoms with Crippen molar-refractivity contribution in [3.63, 3.8) is 0 Å². The molecule has 0 atom stereocenters. The largest absolute Gasteiger partial charge is 0.377 e. The fraction of sp³-hybridized carbons (Fsp3) is 0.533. The minimum Gasteiger partial charge on any atom is -0.377 e. The molecule has 0 saturated heterocycles. The summed E-state index contributed by atoms with van der Waals surface area (Å²) in [6.45, 7) is 0. The van der Waals surface area contributed by atoms with Gasteiger partial charge in [0.2, 0.25) is 0 Å². The summed E-state index contributed by atoms with van der Waals surface area (Å²) in [6.07, 6.45) is 5.43. The number of nitro groups is 1. The average Bonchev–Trinajstić information content (AvgIpc) is 2.47. The van der Waals surface area contributed by atoms with Gasteiger partial charge in [-0.15, -0.1) is 0 Å². The maximum absolute atomic E-state index is 12.5. The zero-order chi connectivity index (χ0) is 15.4. The molecule has 6 heteroatoms. The molecule has 0 heterocycles. The molecule has 1 aromatic carbocycles. The fourth-order valence-corrected chi connectivity index (χ4v) is 2.72. The molecule has 0 aliphatic heterocycles. The first-order chi connectivity index (χ1) is 9.99. The molecule has 1 aromatic rings. The number of non-ortho nitro benzene ring substituents is 1. The van der Waals surface area contributed by atoms with Gasteiger partial charge < -0.3 is 10.2 Å². The SMILES string of the molecule is CN(C)c1ccc([N+](=O)[O-])cc1C(=O)NC1CCCCC1. The van der Waals surface area contributed by atoms with Crippen LogP contribution in [0.15, 0.2) is 18.2 Å². The van der Waals surface area contributed by atoms with Gasteiger partial charge in [-0.3, -0.25) is 14.9 Å². The first-order valence-electron chi connectivity index (χ1n) is 7.25. The van der Waals surface area contributed by atoms with E-state index in [1.165, 1.54) is 18.6 Å². The van der Waals surface area contributed by atoms with Crippen LogP contribution in [0, 0.1) is 10.1 Å². The van der Waals surface area contributed by atoms with Gasteiger partial charge in [0.05, 0.1) is 10.5 Å². The predicted octanol–water partition coefficient (Wildman–Crippen LogP) is 2.72. The lowest BCUT2D eigenvalue weighted by atomic mass is 9.95. The molecule has 0 radical (unpaired) electrons. The Balaban J connectivity index is 2.24. The number of amides is 1. The van der Waals surface area contributed by atoms with Crippen molar-refractivity contribution in [3.8, 4) is 0 Å². The normalized spacial score (nSPS) is 15.5. The van der Waals surface area contributed by atoms with Crippen LogP contribution < -0.4 is 10.2 Å². The lowest BCUT2D eigenvalue weighted by molar-refractivity contribution is -0.384. The van der Waals surface area contributed by atoms with Gasteiger partial charge in [0, 0.05) is 38.0 Å². The maximum atomic E-state index is 12.5. The van der Waals surface area contributed by atoms with E-state index in [0.717, 1.165) is 25.7 Å². The number of nitrogens with one attached hydrogen (secondary N) is 1. The first-order valence-corrected chi connectivity index (χ1v) is 7.25. The molecule has 114 valence electrons. The summed E-state index contributed by atoms with van der Waals surface area (Å²) >= 11 is 0. The number of rotatable bonds is 4. The van der Waals surface area contributed by atoms with Crippen LogP contribution in [0.25, 0.3) is 0 Å². The van der Waals surface area contributed by atoms with Crippen molar-refractivity contribution in [1.82, 2.24) is 5.32 Å². The van der Waals surface area contributed by atoms with Crippen LogP contribution in [0.2, 0.25) is 0 Å². The van der Waals surface area contributed by atoms with Crippen LogP contribution in [-0.4, -0.2) is 31.0 Å². The van der Waals surface area contributed by atoms with Crippen LogP contribution in [-0.2, 0) is 0 Å². The Morgan fingerprint density at radius 1 is 1.29 bits per heavy atom. The Hall–Kier alpha value is -2.11. The fourth-order valence-electron chi connectivity index (χ4n) is 2.72. The summed E-state index contributed by atoms with van der Waals surface area (Å²) in [5, 5.41) is 13.9. The van der Waals surface area contributed by atoms with Gasteiger partial charge in [-0.2, -0.15) is 0 Å². The summed E-state index contributed by atoms with van der Waals surface area (Å²) in [5.74, 6) is -0.227. The Labute approximate surface area is 124 Å². The quantitative estimate of drug-likeness (QED) is 0.683. The second-order valence-corrected chi connectivity index (χ2v) is 5.66. The highest BCUT2D eigenvalue weighted by molar-refractivity contribution is 6.00. The number of nitrogens with zero attached hydrogens (tertiary/aromatic N) is 2. The van der Waals surface area contributed by atoms with Gasteiger partial charge in [0.15, 0.2) is 0 Å². The molecule has 1 saturated carbocycles. The zero-order valence-electron chi connectivity index (χ0n) is 12.5. The summed E-state index contributed by atoms with van der Waals surface area (Å²) < 4.78 is 0. The monoisotopic (exact) mass is 291 g/mol. The number of nitro benzene ring substituents is 1. The van der Waals surface area contributed by atoms with Gasteiger partial charge in [-0.05, 0) is 18.9 Å². The van der Waals surface area contributed by atoms with E-state index in [2.05, 4.69) is 5.32 Å². The lowest BCUT2D eigenvalue weighted by Crippen LogP contribution is -2.36. The molecule has 2 rings (SSSR count). The highest BCUT2D eigenvalue weighted by Crippen LogP contribution is 2.25. The molecule has 1 amide bonds. The van der Waals surface area contributed by atoms with Crippen molar-refractivity contribution in [2.45, 2.75) is 38.1 Å². The molecule has 1 aliphatic rings. The third-order valence-corrected chi connectivity index (χ3v) is 3.86. The predicted molar refractivity (Wildman–Crippen MR) is 81.8 cm³/mol. The minimum absolute atomic E-state index is 0.0607. The molecule has 1 fully saturated rings. The van der Waals surface area contributed by atoms with Gasteiger partial charge in [-0.25, -0.2) is 0 Å². The maximum Gasteiger partial charge on any atom is 0.270 e. The standard InChI is InChI=1S/C15H21N3O3/c1-17(2)14-9-8-12(18(20)21)10-13(14)15(19)16-11-6-4-3-5-7-11/h8-11H,3-7H2,1-2H3,(H,16,19). The summed E-state index contributed by atoms with van der Waals surface area (Å²) in [4.78, 5) is 24.7. The van der Waals surface area contributed by atoms with Crippen molar-refractivity contribution < 1.29 is 9.72 Å². The smallest absolute Gasteiger partial charge is 0.270 e. The molecule has 1 aliphatic carbocycles. The molecular formula is C15H21N3O3. The number of hydrogen-bond donors (Lipinski definition) is 1. The number of benzene rings is 1. The molecule has 21 heavy (non-hydrogen) atoms. The Morgan fingerprint density at radius 2 is 1.95 bits per heavy atom. The lowest BCUT2D eigenvalue weighted by Gasteiger charge is -2.24. The van der Waals surface area contributed by atoms with Crippen molar-refractivity contribution >= 4 is 17.3 Å². The van der Waals surface area contributed by atoms with Gasteiger partial charge in [0.25, 0.3) is 11.6 Å². The number of hydrogen-bond acceptors (Lipinski definition) is 4. The van der Waals surface area contributed by atoms with E-state index in [1.807, 2.05) is 14.1 Å². The van der Waals surface area contributed by atoms with Gasteiger partial charge >= 0.3 is 0 Å². The minimum atomic E-state index is -0.475. The highest BCUT2D eigenvalue weighted by Gasteiger charge is 2.21. The zero-order valence-corrected chi connectivity index (χ0v) is 12.5. The molecule has 0 spiro atoms. The number of carbonyl (C=O) groups excluding carboxylic acids is 1. The van der Waals surface area contributed by atoms with E-state index in [9.17, 15) is 14.9 Å². The summed E-state index contributed by atoms with van der Waals surface area (Å²) in [7, 11) is 3.64. The second kappa shape index (κ2) is 6.56. The highest BCUT2D eigenvalue weighted by atomic mass is 16.6. The van der Waals surface area contributed by atoms with E-state index < -0.39 is 4.92 Å². The first kappa shape index (κ1) is 15.3. The van der Waals surface area contributed by atoms with Crippen LogP contribution in [0.5, 0.6) is 0 Å². The summed E-state index contributed by atoms with van der Waals surface area (Å²) in [6, 6.07) is 4.58.